The van der Waals surface area contributed by atoms with Crippen molar-refractivity contribution in [2.45, 2.75) is 39.2 Å². The van der Waals surface area contributed by atoms with Crippen LogP contribution in [0.15, 0.2) is 17.5 Å². The second-order valence-electron chi connectivity index (χ2n) is 5.07. The molecule has 1 aliphatic carbocycles. The average Bonchev–Trinajstić information content (AvgIpc) is 3.00. The Bertz CT molecular complexity index is 341. The molecule has 0 aliphatic heterocycles. The van der Waals surface area contributed by atoms with Gasteiger partial charge in [0, 0.05) is 23.4 Å². The van der Waals surface area contributed by atoms with Crippen LogP contribution >= 0.6 is 11.3 Å². The molecule has 3 heteroatoms. The van der Waals surface area contributed by atoms with Gasteiger partial charge in [-0.2, -0.15) is 0 Å². The number of nitrogens with zero attached hydrogens (tertiary/aromatic N) is 1. The van der Waals surface area contributed by atoms with Gasteiger partial charge in [-0.25, -0.2) is 0 Å². The molecule has 0 bridgehead atoms. The van der Waals surface area contributed by atoms with Crippen molar-refractivity contribution in [3.05, 3.63) is 22.4 Å². The SMILES string of the molecule is CCN(Cc1cccs1)CC1(C=O)CCCC1. The Morgan fingerprint density at radius 2 is 2.24 bits per heavy atom. The highest BCUT2D eigenvalue weighted by atomic mass is 32.1. The summed E-state index contributed by atoms with van der Waals surface area (Å²) >= 11 is 1.80. The molecular weight excluding hydrogens is 230 g/mol. The van der Waals surface area contributed by atoms with Gasteiger partial charge in [-0.15, -0.1) is 11.3 Å². The molecule has 0 amide bonds. The first-order chi connectivity index (χ1) is 8.28. The first kappa shape index (κ1) is 12.8. The molecule has 1 aliphatic rings. The van der Waals surface area contributed by atoms with E-state index in [1.54, 1.807) is 11.3 Å². The Balaban J connectivity index is 1.96. The number of hydrogen-bond donors (Lipinski definition) is 0. The molecule has 0 atom stereocenters. The minimum Gasteiger partial charge on any atom is -0.303 e. The summed E-state index contributed by atoms with van der Waals surface area (Å²) in [4.78, 5) is 15.2. The zero-order valence-corrected chi connectivity index (χ0v) is 11.3. The molecule has 2 nitrogen and oxygen atoms in total. The number of hydrogen-bond acceptors (Lipinski definition) is 3. The van der Waals surface area contributed by atoms with E-state index in [1.165, 1.54) is 24.0 Å². The molecule has 0 saturated heterocycles. The van der Waals surface area contributed by atoms with Crippen LogP contribution in [-0.2, 0) is 11.3 Å². The minimum absolute atomic E-state index is 0.0483. The van der Waals surface area contributed by atoms with Gasteiger partial charge >= 0.3 is 0 Å². The maximum Gasteiger partial charge on any atom is 0.127 e. The monoisotopic (exact) mass is 251 g/mol. The largest absolute Gasteiger partial charge is 0.303 e. The van der Waals surface area contributed by atoms with Crippen molar-refractivity contribution in [1.82, 2.24) is 4.90 Å². The van der Waals surface area contributed by atoms with Crippen LogP contribution in [0.3, 0.4) is 0 Å². The van der Waals surface area contributed by atoms with Gasteiger partial charge in [0.25, 0.3) is 0 Å². The van der Waals surface area contributed by atoms with Crippen LogP contribution in [0, 0.1) is 5.41 Å². The van der Waals surface area contributed by atoms with Crippen molar-refractivity contribution < 1.29 is 4.79 Å². The molecule has 17 heavy (non-hydrogen) atoms. The molecule has 1 saturated carbocycles. The van der Waals surface area contributed by atoms with Crippen LogP contribution in [0.1, 0.15) is 37.5 Å². The molecule has 1 fully saturated rings. The minimum atomic E-state index is -0.0483. The van der Waals surface area contributed by atoms with E-state index in [4.69, 9.17) is 0 Å². The van der Waals surface area contributed by atoms with E-state index < -0.39 is 0 Å². The van der Waals surface area contributed by atoms with E-state index in [0.717, 1.165) is 32.5 Å². The second kappa shape index (κ2) is 5.78. The molecule has 1 aromatic rings. The smallest absolute Gasteiger partial charge is 0.127 e. The first-order valence-corrected chi connectivity index (χ1v) is 7.37. The van der Waals surface area contributed by atoms with Gasteiger partial charge in [0.15, 0.2) is 0 Å². The number of thiophene rings is 1. The average molecular weight is 251 g/mol. The summed E-state index contributed by atoms with van der Waals surface area (Å²) < 4.78 is 0. The lowest BCUT2D eigenvalue weighted by Gasteiger charge is -2.30. The van der Waals surface area contributed by atoms with Crippen molar-refractivity contribution >= 4 is 17.6 Å². The van der Waals surface area contributed by atoms with Crippen molar-refractivity contribution in [1.29, 1.82) is 0 Å². The summed E-state index contributed by atoms with van der Waals surface area (Å²) in [7, 11) is 0. The number of carbonyl (C=O) groups excluding carboxylic acids is 1. The van der Waals surface area contributed by atoms with Crippen molar-refractivity contribution in [2.24, 2.45) is 5.41 Å². The van der Waals surface area contributed by atoms with E-state index >= 15 is 0 Å². The number of aldehydes is 1. The lowest BCUT2D eigenvalue weighted by atomic mass is 9.87. The van der Waals surface area contributed by atoms with E-state index in [1.807, 2.05) is 0 Å². The number of carbonyl (C=O) groups is 1. The quantitative estimate of drug-likeness (QED) is 0.723. The van der Waals surface area contributed by atoms with Gasteiger partial charge in [-0.3, -0.25) is 4.90 Å². The third-order valence-corrected chi connectivity index (χ3v) is 4.66. The fraction of sp³-hybridized carbons (Fsp3) is 0.643. The van der Waals surface area contributed by atoms with Crippen LogP contribution in [-0.4, -0.2) is 24.3 Å². The fourth-order valence-corrected chi connectivity index (χ4v) is 3.49. The van der Waals surface area contributed by atoms with Gasteiger partial charge in [0.05, 0.1) is 0 Å². The lowest BCUT2D eigenvalue weighted by molar-refractivity contribution is -0.117. The topological polar surface area (TPSA) is 20.3 Å². The number of rotatable bonds is 6. The van der Waals surface area contributed by atoms with Crippen molar-refractivity contribution in [3.8, 4) is 0 Å². The molecule has 1 aromatic heterocycles. The molecule has 0 unspecified atom stereocenters. The zero-order chi connectivity index (χ0) is 12.1. The molecular formula is C14H21NOS. The van der Waals surface area contributed by atoms with Gasteiger partial charge in [-0.05, 0) is 30.8 Å². The predicted molar refractivity (Wildman–Crippen MR) is 72.2 cm³/mol. The highest BCUT2D eigenvalue weighted by Crippen LogP contribution is 2.37. The molecule has 0 N–H and O–H groups in total. The van der Waals surface area contributed by atoms with Crippen LogP contribution in [0.2, 0.25) is 0 Å². The summed E-state index contributed by atoms with van der Waals surface area (Å²) in [6.07, 6.45) is 5.82. The Morgan fingerprint density at radius 3 is 2.76 bits per heavy atom. The summed E-state index contributed by atoms with van der Waals surface area (Å²) in [5, 5.41) is 2.12. The lowest BCUT2D eigenvalue weighted by Crippen LogP contribution is -2.36. The van der Waals surface area contributed by atoms with Crippen LogP contribution in [0.4, 0.5) is 0 Å². The summed E-state index contributed by atoms with van der Waals surface area (Å²) in [5.74, 6) is 0. The molecule has 0 radical (unpaired) electrons. The van der Waals surface area contributed by atoms with Crippen molar-refractivity contribution in [2.75, 3.05) is 13.1 Å². The maximum atomic E-state index is 11.4. The van der Waals surface area contributed by atoms with Crippen molar-refractivity contribution in [3.63, 3.8) is 0 Å². The highest BCUT2D eigenvalue weighted by Gasteiger charge is 2.34. The molecule has 2 rings (SSSR count). The van der Waals surface area contributed by atoms with Crippen LogP contribution in [0.25, 0.3) is 0 Å². The summed E-state index contributed by atoms with van der Waals surface area (Å²) in [6.45, 7) is 5.13. The van der Waals surface area contributed by atoms with E-state index in [0.29, 0.717) is 0 Å². The van der Waals surface area contributed by atoms with Gasteiger partial charge in [0.2, 0.25) is 0 Å². The second-order valence-corrected chi connectivity index (χ2v) is 6.10. The predicted octanol–water partition coefficient (Wildman–Crippen LogP) is 3.33. The van der Waals surface area contributed by atoms with E-state index in [2.05, 4.69) is 29.3 Å². The third kappa shape index (κ3) is 3.17. The Labute approximate surface area is 108 Å². The molecule has 0 spiro atoms. The van der Waals surface area contributed by atoms with Gasteiger partial charge < -0.3 is 4.79 Å². The molecule has 1 heterocycles. The molecule has 0 aromatic carbocycles. The Morgan fingerprint density at radius 1 is 1.47 bits per heavy atom. The van der Waals surface area contributed by atoms with E-state index in [-0.39, 0.29) is 5.41 Å². The highest BCUT2D eigenvalue weighted by molar-refractivity contribution is 7.09. The Hall–Kier alpha value is -0.670. The van der Waals surface area contributed by atoms with E-state index in [9.17, 15) is 4.79 Å². The third-order valence-electron chi connectivity index (χ3n) is 3.79. The van der Waals surface area contributed by atoms with Crippen LogP contribution in [0.5, 0.6) is 0 Å². The first-order valence-electron chi connectivity index (χ1n) is 6.49. The standard InChI is InChI=1S/C14H21NOS/c1-2-15(10-13-6-5-9-17-13)11-14(12-16)7-3-4-8-14/h5-6,9,12H,2-4,7-8,10-11H2,1H3. The molecule has 94 valence electrons. The zero-order valence-electron chi connectivity index (χ0n) is 10.5. The van der Waals surface area contributed by atoms with Gasteiger partial charge in [0.1, 0.15) is 6.29 Å². The van der Waals surface area contributed by atoms with Crippen LogP contribution < -0.4 is 0 Å². The maximum absolute atomic E-state index is 11.4. The van der Waals surface area contributed by atoms with Gasteiger partial charge in [-0.1, -0.05) is 25.8 Å². The normalized spacial score (nSPS) is 18.7. The Kier molecular flexibility index (Phi) is 4.35. The summed E-state index contributed by atoms with van der Waals surface area (Å²) in [5.41, 5.74) is -0.0483. The fourth-order valence-electron chi connectivity index (χ4n) is 2.74. The summed E-state index contributed by atoms with van der Waals surface area (Å²) in [6, 6.07) is 4.27.